The summed E-state index contributed by atoms with van der Waals surface area (Å²) in [4.78, 5) is 25.8. The topological polar surface area (TPSA) is 107 Å². The van der Waals surface area contributed by atoms with E-state index < -0.39 is 12.2 Å². The Labute approximate surface area is 223 Å². The average molecular weight is 525 g/mol. The lowest BCUT2D eigenvalue weighted by molar-refractivity contribution is -0.187. The van der Waals surface area contributed by atoms with E-state index in [0.717, 1.165) is 18.4 Å². The van der Waals surface area contributed by atoms with Crippen molar-refractivity contribution in [1.29, 1.82) is 0 Å². The molecular weight excluding hydrogens is 476 g/mol. The van der Waals surface area contributed by atoms with Crippen molar-refractivity contribution in [2.24, 2.45) is 5.92 Å². The molecule has 0 aromatic rings. The van der Waals surface area contributed by atoms with E-state index in [1.807, 2.05) is 26.8 Å². The number of aliphatic hydroxyl groups excluding tert-OH is 1. The lowest BCUT2D eigenvalue weighted by Gasteiger charge is -2.39. The molecule has 2 amide bonds. The largest absolute Gasteiger partial charge is 0.442 e. The van der Waals surface area contributed by atoms with Crippen LogP contribution in [0.5, 0.6) is 0 Å². The van der Waals surface area contributed by atoms with Crippen LogP contribution < -0.4 is 5.32 Å². The molecule has 2 saturated heterocycles. The highest BCUT2D eigenvalue weighted by molar-refractivity contribution is 5.87. The third-order valence-electron chi connectivity index (χ3n) is 6.42. The fraction of sp³-hybridized carbons (Fsp3) is 0.714. The van der Waals surface area contributed by atoms with Gasteiger partial charge >= 0.3 is 6.09 Å². The van der Waals surface area contributed by atoms with Crippen molar-refractivity contribution in [3.63, 3.8) is 0 Å². The van der Waals surface area contributed by atoms with Crippen molar-refractivity contribution >= 4 is 12.0 Å². The number of carbonyl (C=O) groups is 2. The molecule has 2 fully saturated rings. The number of aliphatic hydroxyl groups is 1. The zero-order valence-corrected chi connectivity index (χ0v) is 23.3. The Balaban J connectivity index is 0.00000722. The fourth-order valence-electron chi connectivity index (χ4n) is 4.47. The molecule has 0 bridgehead atoms. The maximum atomic E-state index is 12.2. The molecule has 2 aliphatic rings. The summed E-state index contributed by atoms with van der Waals surface area (Å²) >= 11 is 0. The van der Waals surface area contributed by atoms with E-state index >= 15 is 0 Å². The van der Waals surface area contributed by atoms with Crippen LogP contribution in [0.3, 0.4) is 0 Å². The number of nitrogens with one attached hydrogen (secondary N) is 1. The normalized spacial score (nSPS) is 27.3. The van der Waals surface area contributed by atoms with Gasteiger partial charge in [0.25, 0.3) is 0 Å². The van der Waals surface area contributed by atoms with Crippen molar-refractivity contribution in [2.45, 2.75) is 90.9 Å². The summed E-state index contributed by atoms with van der Waals surface area (Å²) in [5.41, 5.74) is 0.844. The lowest BCUT2D eigenvalue weighted by Crippen LogP contribution is -2.46. The standard InChI is InChI=1S/C28H46N2O7.H2/c1-7-30(8-2)27(33)36-21(4)11-13-25(32)29-23-18-34-26(35-19-23)14-10-20(3)9-12-24-15-22(17-31)16-28(5,6)37-24;/h9-13,21-24,26,31H,7-8,14-19H2,1-6H3,(H,29,32);1H/b12-9+,13-11-,20-10+;/t21-,22-,23?,24+,26?;/m0./s1. The van der Waals surface area contributed by atoms with E-state index in [9.17, 15) is 14.7 Å². The number of amides is 2. The average Bonchev–Trinajstić information content (AvgIpc) is 2.85. The number of nitrogens with zero attached hydrogens (tertiary/aromatic N) is 1. The van der Waals surface area contributed by atoms with Gasteiger partial charge in [0, 0.05) is 33.6 Å². The summed E-state index contributed by atoms with van der Waals surface area (Å²) in [6.07, 6.45) is 10.1. The molecule has 0 spiro atoms. The van der Waals surface area contributed by atoms with E-state index in [2.05, 4.69) is 31.3 Å². The summed E-state index contributed by atoms with van der Waals surface area (Å²) in [7, 11) is 0. The van der Waals surface area contributed by atoms with Gasteiger partial charge in [-0.2, -0.15) is 0 Å². The summed E-state index contributed by atoms with van der Waals surface area (Å²) < 4.78 is 23.0. The summed E-state index contributed by atoms with van der Waals surface area (Å²) in [6.45, 7) is 13.7. The monoisotopic (exact) mass is 524 g/mol. The Morgan fingerprint density at radius 3 is 2.51 bits per heavy atom. The predicted octanol–water partition coefficient (Wildman–Crippen LogP) is 3.97. The molecule has 0 aromatic carbocycles. The predicted molar refractivity (Wildman–Crippen MR) is 144 cm³/mol. The third-order valence-corrected chi connectivity index (χ3v) is 6.42. The zero-order chi connectivity index (χ0) is 27.4. The molecule has 0 aromatic heterocycles. The minimum atomic E-state index is -0.515. The molecule has 2 heterocycles. The van der Waals surface area contributed by atoms with E-state index in [1.165, 1.54) is 6.08 Å². The molecule has 2 rings (SSSR count). The molecule has 37 heavy (non-hydrogen) atoms. The maximum absolute atomic E-state index is 12.2. The number of hydrogen-bond acceptors (Lipinski definition) is 7. The first-order valence-electron chi connectivity index (χ1n) is 13.4. The van der Waals surface area contributed by atoms with Crippen LogP contribution in [-0.2, 0) is 23.7 Å². The smallest absolute Gasteiger partial charge is 0.410 e. The van der Waals surface area contributed by atoms with Crippen LogP contribution in [0.1, 0.15) is 62.2 Å². The van der Waals surface area contributed by atoms with Crippen LogP contribution in [0.2, 0.25) is 0 Å². The number of rotatable bonds is 11. The van der Waals surface area contributed by atoms with Gasteiger partial charge in [0.05, 0.1) is 31.0 Å². The molecule has 0 radical (unpaired) electrons. The Morgan fingerprint density at radius 2 is 1.89 bits per heavy atom. The van der Waals surface area contributed by atoms with Gasteiger partial charge in [-0.1, -0.05) is 23.8 Å². The van der Waals surface area contributed by atoms with Gasteiger partial charge in [0.2, 0.25) is 5.91 Å². The van der Waals surface area contributed by atoms with Gasteiger partial charge in [0.1, 0.15) is 6.10 Å². The second kappa shape index (κ2) is 15.3. The molecule has 3 atom stereocenters. The van der Waals surface area contributed by atoms with E-state index in [0.29, 0.717) is 32.7 Å². The first-order chi connectivity index (χ1) is 17.5. The molecule has 0 aliphatic carbocycles. The van der Waals surface area contributed by atoms with E-state index in [4.69, 9.17) is 18.9 Å². The first kappa shape index (κ1) is 31.0. The molecule has 2 aliphatic heterocycles. The Bertz CT molecular complexity index is 818. The van der Waals surface area contributed by atoms with Crippen LogP contribution in [0.4, 0.5) is 4.79 Å². The Morgan fingerprint density at radius 1 is 1.22 bits per heavy atom. The minimum Gasteiger partial charge on any atom is -0.442 e. The van der Waals surface area contributed by atoms with E-state index in [1.54, 1.807) is 17.9 Å². The van der Waals surface area contributed by atoms with Crippen molar-refractivity contribution < 1.29 is 35.1 Å². The van der Waals surface area contributed by atoms with Crippen LogP contribution in [0.25, 0.3) is 0 Å². The van der Waals surface area contributed by atoms with Gasteiger partial charge in [-0.25, -0.2) is 4.79 Å². The molecule has 2 N–H and O–H groups in total. The second-order valence-electron chi connectivity index (χ2n) is 10.4. The van der Waals surface area contributed by atoms with Gasteiger partial charge < -0.3 is 34.3 Å². The van der Waals surface area contributed by atoms with Crippen LogP contribution in [0, 0.1) is 5.92 Å². The molecule has 0 unspecified atom stereocenters. The van der Waals surface area contributed by atoms with Gasteiger partial charge in [-0.15, -0.1) is 0 Å². The maximum Gasteiger partial charge on any atom is 0.410 e. The van der Waals surface area contributed by atoms with Crippen molar-refractivity contribution in [2.75, 3.05) is 32.9 Å². The Kier molecular flexibility index (Phi) is 12.8. The van der Waals surface area contributed by atoms with Gasteiger partial charge in [0.15, 0.2) is 6.29 Å². The molecule has 9 nitrogen and oxygen atoms in total. The second-order valence-corrected chi connectivity index (χ2v) is 10.4. The molecular formula is C28H48N2O7. The summed E-state index contributed by atoms with van der Waals surface area (Å²) in [6, 6.07) is -0.252. The SMILES string of the molecule is CCN(CC)C(=O)O[C@@H](C)/C=C\C(=O)NC1COC(C/C=C(C)/C=C/[C@@H]2C[C@H](CO)CC(C)(C)O2)OC1.[HH]. The molecule has 212 valence electrons. The Hall–Kier alpha value is -2.20. The summed E-state index contributed by atoms with van der Waals surface area (Å²) in [5, 5.41) is 12.4. The van der Waals surface area contributed by atoms with Crippen LogP contribution in [-0.4, -0.2) is 85.1 Å². The fourth-order valence-corrected chi connectivity index (χ4v) is 4.47. The summed E-state index contributed by atoms with van der Waals surface area (Å²) in [5.74, 6) is -0.0343. The lowest BCUT2D eigenvalue weighted by atomic mass is 9.86. The first-order valence-corrected chi connectivity index (χ1v) is 13.4. The number of allylic oxidation sites excluding steroid dienone is 2. The zero-order valence-electron chi connectivity index (χ0n) is 23.3. The van der Waals surface area contributed by atoms with Gasteiger partial charge in [-0.05, 0) is 66.4 Å². The highest BCUT2D eigenvalue weighted by atomic mass is 16.7. The highest BCUT2D eigenvalue weighted by Gasteiger charge is 2.33. The third kappa shape index (κ3) is 11.4. The number of ether oxygens (including phenoxy) is 4. The quantitative estimate of drug-likeness (QED) is 0.311. The molecule has 0 saturated carbocycles. The molecule has 9 heteroatoms. The van der Waals surface area contributed by atoms with Gasteiger partial charge in [-0.3, -0.25) is 4.79 Å². The number of hydrogen-bond donors (Lipinski definition) is 2. The van der Waals surface area contributed by atoms with Crippen molar-refractivity contribution in [3.8, 4) is 0 Å². The van der Waals surface area contributed by atoms with Crippen molar-refractivity contribution in [1.82, 2.24) is 10.2 Å². The number of carbonyl (C=O) groups excluding carboxylic acids is 2. The minimum absolute atomic E-state index is 0. The van der Waals surface area contributed by atoms with Crippen LogP contribution >= 0.6 is 0 Å². The van der Waals surface area contributed by atoms with Crippen LogP contribution in [0.15, 0.2) is 36.0 Å². The van der Waals surface area contributed by atoms with E-state index in [-0.39, 0.29) is 43.9 Å². The highest BCUT2D eigenvalue weighted by Crippen LogP contribution is 2.32. The van der Waals surface area contributed by atoms with Crippen molar-refractivity contribution in [3.05, 3.63) is 36.0 Å².